The second-order valence-corrected chi connectivity index (χ2v) is 7.42. The van der Waals surface area contributed by atoms with Gasteiger partial charge in [0.05, 0.1) is 0 Å². The third-order valence-corrected chi connectivity index (χ3v) is 4.94. The Morgan fingerprint density at radius 3 is 1.07 bits per heavy atom. The SMILES string of the molecule is Cc1ccc(Oc2ccc(N(c3ccc(C)cc3)c3ccc(C)cc3)cc2)cc1. The predicted molar refractivity (Wildman–Crippen MR) is 122 cm³/mol. The molecule has 144 valence electrons. The maximum Gasteiger partial charge on any atom is 0.127 e. The fourth-order valence-electron chi connectivity index (χ4n) is 3.24. The summed E-state index contributed by atoms with van der Waals surface area (Å²) in [6, 6.07) is 33.5. The first-order valence-corrected chi connectivity index (χ1v) is 9.86. The number of nitrogens with zero attached hydrogens (tertiary/aromatic N) is 1. The van der Waals surface area contributed by atoms with Gasteiger partial charge in [-0.15, -0.1) is 0 Å². The first kappa shape index (κ1) is 18.8. The molecule has 2 heteroatoms. The van der Waals surface area contributed by atoms with Crippen molar-refractivity contribution in [1.82, 2.24) is 0 Å². The van der Waals surface area contributed by atoms with E-state index in [1.165, 1.54) is 16.7 Å². The van der Waals surface area contributed by atoms with Crippen LogP contribution in [0.25, 0.3) is 0 Å². The number of anilines is 3. The average Bonchev–Trinajstić information content (AvgIpc) is 2.74. The number of aryl methyl sites for hydroxylation is 3. The van der Waals surface area contributed by atoms with E-state index >= 15 is 0 Å². The van der Waals surface area contributed by atoms with Crippen LogP contribution in [-0.2, 0) is 0 Å². The number of hydrogen-bond donors (Lipinski definition) is 0. The van der Waals surface area contributed by atoms with Crippen LogP contribution in [0.1, 0.15) is 16.7 Å². The molecule has 0 spiro atoms. The van der Waals surface area contributed by atoms with Gasteiger partial charge in [-0.25, -0.2) is 0 Å². The molecule has 0 N–H and O–H groups in total. The molecule has 0 bridgehead atoms. The van der Waals surface area contributed by atoms with E-state index in [4.69, 9.17) is 4.74 Å². The van der Waals surface area contributed by atoms with Gasteiger partial charge in [0.25, 0.3) is 0 Å². The molecule has 0 unspecified atom stereocenters. The summed E-state index contributed by atoms with van der Waals surface area (Å²) in [6.45, 7) is 6.29. The van der Waals surface area contributed by atoms with Crippen molar-refractivity contribution in [1.29, 1.82) is 0 Å². The van der Waals surface area contributed by atoms with Crippen molar-refractivity contribution in [3.63, 3.8) is 0 Å². The first-order chi connectivity index (χ1) is 14.1. The minimum atomic E-state index is 0.824. The number of ether oxygens (including phenoxy) is 1. The summed E-state index contributed by atoms with van der Waals surface area (Å²) in [7, 11) is 0. The van der Waals surface area contributed by atoms with Crippen molar-refractivity contribution in [3.8, 4) is 11.5 Å². The van der Waals surface area contributed by atoms with E-state index in [0.29, 0.717) is 0 Å². The van der Waals surface area contributed by atoms with Crippen molar-refractivity contribution in [3.05, 3.63) is 114 Å². The highest BCUT2D eigenvalue weighted by Crippen LogP contribution is 2.36. The lowest BCUT2D eigenvalue weighted by Crippen LogP contribution is -2.09. The van der Waals surface area contributed by atoms with E-state index in [1.807, 2.05) is 24.3 Å². The smallest absolute Gasteiger partial charge is 0.127 e. The predicted octanol–water partition coefficient (Wildman–Crippen LogP) is 7.87. The highest BCUT2D eigenvalue weighted by molar-refractivity contribution is 5.76. The van der Waals surface area contributed by atoms with Crippen LogP contribution in [0.3, 0.4) is 0 Å². The molecule has 0 fully saturated rings. The van der Waals surface area contributed by atoms with Gasteiger partial charge in [0.15, 0.2) is 0 Å². The van der Waals surface area contributed by atoms with Gasteiger partial charge in [0.2, 0.25) is 0 Å². The summed E-state index contributed by atoms with van der Waals surface area (Å²) in [5, 5.41) is 0. The summed E-state index contributed by atoms with van der Waals surface area (Å²) < 4.78 is 5.99. The molecule has 4 aromatic carbocycles. The largest absolute Gasteiger partial charge is 0.457 e. The normalized spacial score (nSPS) is 10.6. The lowest BCUT2D eigenvalue weighted by molar-refractivity contribution is 0.482. The van der Waals surface area contributed by atoms with Crippen LogP contribution in [0.4, 0.5) is 17.1 Å². The van der Waals surface area contributed by atoms with Gasteiger partial charge >= 0.3 is 0 Å². The molecule has 0 saturated heterocycles. The van der Waals surface area contributed by atoms with Crippen LogP contribution in [0, 0.1) is 20.8 Å². The fraction of sp³-hybridized carbons (Fsp3) is 0.111. The van der Waals surface area contributed by atoms with E-state index in [1.54, 1.807) is 0 Å². The number of hydrogen-bond acceptors (Lipinski definition) is 2. The Morgan fingerprint density at radius 1 is 0.414 bits per heavy atom. The Labute approximate surface area is 173 Å². The monoisotopic (exact) mass is 379 g/mol. The van der Waals surface area contributed by atoms with E-state index in [0.717, 1.165) is 28.6 Å². The van der Waals surface area contributed by atoms with E-state index in [2.05, 4.69) is 98.5 Å². The standard InChI is InChI=1S/C27H25NO/c1-20-4-10-23(11-5-20)28(24-12-6-21(2)7-13-24)25-14-18-27(19-15-25)29-26-16-8-22(3)9-17-26/h4-19H,1-3H3. The minimum Gasteiger partial charge on any atom is -0.457 e. The molecule has 29 heavy (non-hydrogen) atoms. The second-order valence-electron chi connectivity index (χ2n) is 7.42. The Morgan fingerprint density at radius 2 is 0.690 bits per heavy atom. The summed E-state index contributed by atoms with van der Waals surface area (Å²) in [4.78, 5) is 2.26. The summed E-state index contributed by atoms with van der Waals surface area (Å²) in [5.41, 5.74) is 7.07. The molecule has 2 nitrogen and oxygen atoms in total. The van der Waals surface area contributed by atoms with Gasteiger partial charge in [-0.3, -0.25) is 0 Å². The van der Waals surface area contributed by atoms with Crippen LogP contribution in [0.15, 0.2) is 97.1 Å². The highest BCUT2D eigenvalue weighted by Gasteiger charge is 2.12. The molecule has 0 radical (unpaired) electrons. The molecule has 0 aliphatic carbocycles. The van der Waals surface area contributed by atoms with Crippen LogP contribution in [0.5, 0.6) is 11.5 Å². The summed E-state index contributed by atoms with van der Waals surface area (Å²) in [6.07, 6.45) is 0. The van der Waals surface area contributed by atoms with Gasteiger partial charge in [-0.2, -0.15) is 0 Å². The minimum absolute atomic E-state index is 0.824. The Bertz CT molecular complexity index is 1020. The lowest BCUT2D eigenvalue weighted by Gasteiger charge is -2.26. The first-order valence-electron chi connectivity index (χ1n) is 9.86. The number of rotatable bonds is 5. The maximum atomic E-state index is 5.99. The zero-order valence-electron chi connectivity index (χ0n) is 17.1. The molecular formula is C27H25NO. The molecule has 0 atom stereocenters. The molecule has 0 aliphatic heterocycles. The molecule has 4 rings (SSSR count). The van der Waals surface area contributed by atoms with Gasteiger partial charge in [-0.1, -0.05) is 53.1 Å². The quantitative estimate of drug-likeness (QED) is 0.350. The third kappa shape index (κ3) is 4.49. The molecule has 4 aromatic rings. The van der Waals surface area contributed by atoms with Crippen molar-refractivity contribution in [2.75, 3.05) is 4.90 Å². The van der Waals surface area contributed by atoms with Crippen molar-refractivity contribution in [2.45, 2.75) is 20.8 Å². The zero-order chi connectivity index (χ0) is 20.2. The van der Waals surface area contributed by atoms with E-state index in [-0.39, 0.29) is 0 Å². The van der Waals surface area contributed by atoms with Gasteiger partial charge in [0.1, 0.15) is 11.5 Å². The van der Waals surface area contributed by atoms with Crippen molar-refractivity contribution >= 4 is 17.1 Å². The van der Waals surface area contributed by atoms with Crippen LogP contribution in [-0.4, -0.2) is 0 Å². The van der Waals surface area contributed by atoms with Gasteiger partial charge < -0.3 is 9.64 Å². The molecular weight excluding hydrogens is 354 g/mol. The van der Waals surface area contributed by atoms with Gasteiger partial charge in [-0.05, 0) is 81.4 Å². The van der Waals surface area contributed by atoms with Crippen LogP contribution >= 0.6 is 0 Å². The van der Waals surface area contributed by atoms with Crippen molar-refractivity contribution in [2.24, 2.45) is 0 Å². The number of benzene rings is 4. The summed E-state index contributed by atoms with van der Waals surface area (Å²) in [5.74, 6) is 1.67. The average molecular weight is 380 g/mol. The zero-order valence-corrected chi connectivity index (χ0v) is 17.1. The van der Waals surface area contributed by atoms with E-state index in [9.17, 15) is 0 Å². The molecule has 0 amide bonds. The maximum absolute atomic E-state index is 5.99. The van der Waals surface area contributed by atoms with Gasteiger partial charge in [0, 0.05) is 17.1 Å². The molecule has 0 aliphatic rings. The molecule has 0 aromatic heterocycles. The Hall–Kier alpha value is -3.52. The topological polar surface area (TPSA) is 12.5 Å². The second kappa shape index (κ2) is 8.24. The fourth-order valence-corrected chi connectivity index (χ4v) is 3.24. The van der Waals surface area contributed by atoms with Crippen LogP contribution in [0.2, 0.25) is 0 Å². The van der Waals surface area contributed by atoms with E-state index < -0.39 is 0 Å². The van der Waals surface area contributed by atoms with Crippen molar-refractivity contribution < 1.29 is 4.74 Å². The highest BCUT2D eigenvalue weighted by atomic mass is 16.5. The Balaban J connectivity index is 1.66. The summed E-state index contributed by atoms with van der Waals surface area (Å²) >= 11 is 0. The third-order valence-electron chi connectivity index (χ3n) is 4.94. The molecule has 0 saturated carbocycles. The molecule has 0 heterocycles. The lowest BCUT2D eigenvalue weighted by atomic mass is 10.1. The van der Waals surface area contributed by atoms with Crippen LogP contribution < -0.4 is 9.64 Å². The Kier molecular flexibility index (Phi) is 5.35.